The summed E-state index contributed by atoms with van der Waals surface area (Å²) in [5.74, 6) is 0.396. The van der Waals surface area contributed by atoms with Crippen molar-refractivity contribution < 1.29 is 5.11 Å². The van der Waals surface area contributed by atoms with Crippen molar-refractivity contribution in [2.45, 2.75) is 51.0 Å². The van der Waals surface area contributed by atoms with Gasteiger partial charge in [0.15, 0.2) is 0 Å². The summed E-state index contributed by atoms with van der Waals surface area (Å²) in [6.45, 7) is 0. The molecule has 1 aliphatic rings. The Bertz CT molecular complexity index is 162. The molecule has 0 aromatic rings. The van der Waals surface area contributed by atoms with Crippen LogP contribution < -0.4 is 0 Å². The van der Waals surface area contributed by atoms with Crippen LogP contribution in [0.15, 0.2) is 0 Å². The molecule has 0 bridgehead atoms. The van der Waals surface area contributed by atoms with Crippen molar-refractivity contribution in [2.75, 3.05) is 0 Å². The van der Waals surface area contributed by atoms with Crippen LogP contribution in [-0.2, 0) is 0 Å². The van der Waals surface area contributed by atoms with Crippen molar-refractivity contribution in [3.63, 3.8) is 0 Å². The topological polar surface area (TPSA) is 44.0 Å². The normalized spacial score (nSPS) is 30.7. The Morgan fingerprint density at radius 2 is 2.00 bits per heavy atom. The van der Waals surface area contributed by atoms with Gasteiger partial charge in [0.05, 0.1) is 12.2 Å². The first kappa shape index (κ1) is 9.54. The van der Waals surface area contributed by atoms with E-state index in [0.29, 0.717) is 12.3 Å². The van der Waals surface area contributed by atoms with Gasteiger partial charge in [0.1, 0.15) is 0 Å². The van der Waals surface area contributed by atoms with E-state index in [2.05, 4.69) is 6.07 Å². The minimum absolute atomic E-state index is 0.138. The number of hydrogen-bond acceptors (Lipinski definition) is 2. The Morgan fingerprint density at radius 1 is 1.25 bits per heavy atom. The minimum Gasteiger partial charge on any atom is -0.393 e. The van der Waals surface area contributed by atoms with Gasteiger partial charge >= 0.3 is 0 Å². The largest absolute Gasteiger partial charge is 0.393 e. The van der Waals surface area contributed by atoms with Crippen LogP contribution in [0.3, 0.4) is 0 Å². The number of hydrogen-bond donors (Lipinski definition) is 1. The van der Waals surface area contributed by atoms with Gasteiger partial charge in [0.25, 0.3) is 0 Å². The SMILES string of the molecule is N#CCCC1CCCCCC1O. The number of nitrogens with zero attached hydrogens (tertiary/aromatic N) is 1. The molecule has 0 aromatic heterocycles. The lowest BCUT2D eigenvalue weighted by Gasteiger charge is -2.18. The maximum atomic E-state index is 9.67. The van der Waals surface area contributed by atoms with E-state index in [1.54, 1.807) is 0 Å². The molecule has 1 aliphatic carbocycles. The van der Waals surface area contributed by atoms with Crippen LogP contribution in [0.1, 0.15) is 44.9 Å². The highest BCUT2D eigenvalue weighted by Crippen LogP contribution is 2.26. The Hall–Kier alpha value is -0.550. The lowest BCUT2D eigenvalue weighted by Crippen LogP contribution is -2.18. The average Bonchev–Trinajstić information content (AvgIpc) is 2.27. The summed E-state index contributed by atoms with van der Waals surface area (Å²) in [5, 5.41) is 18.1. The molecule has 0 heterocycles. The fraction of sp³-hybridized carbons (Fsp3) is 0.900. The van der Waals surface area contributed by atoms with Gasteiger partial charge < -0.3 is 5.11 Å². The number of rotatable bonds is 2. The predicted molar refractivity (Wildman–Crippen MR) is 47.4 cm³/mol. The van der Waals surface area contributed by atoms with Gasteiger partial charge in [-0.15, -0.1) is 0 Å². The summed E-state index contributed by atoms with van der Waals surface area (Å²) in [5.41, 5.74) is 0. The summed E-state index contributed by atoms with van der Waals surface area (Å²) in [4.78, 5) is 0. The fourth-order valence-electron chi connectivity index (χ4n) is 1.95. The Morgan fingerprint density at radius 3 is 2.75 bits per heavy atom. The zero-order valence-corrected chi connectivity index (χ0v) is 7.50. The summed E-state index contributed by atoms with van der Waals surface area (Å²) in [6, 6.07) is 2.14. The fourth-order valence-corrected chi connectivity index (χ4v) is 1.95. The molecule has 1 fully saturated rings. The lowest BCUT2D eigenvalue weighted by molar-refractivity contribution is 0.0966. The zero-order chi connectivity index (χ0) is 8.81. The van der Waals surface area contributed by atoms with Crippen molar-refractivity contribution >= 4 is 0 Å². The molecule has 2 atom stereocenters. The molecule has 2 unspecified atom stereocenters. The van der Waals surface area contributed by atoms with Gasteiger partial charge in [-0.3, -0.25) is 0 Å². The molecule has 1 rings (SSSR count). The van der Waals surface area contributed by atoms with Gasteiger partial charge in [-0.2, -0.15) is 5.26 Å². The van der Waals surface area contributed by atoms with Crippen LogP contribution in [-0.4, -0.2) is 11.2 Å². The standard InChI is InChI=1S/C10H17NO/c11-8-4-6-9-5-2-1-3-7-10(9)12/h9-10,12H,1-7H2. The maximum Gasteiger partial charge on any atom is 0.0621 e. The summed E-state index contributed by atoms with van der Waals surface area (Å²) >= 11 is 0. The van der Waals surface area contributed by atoms with E-state index < -0.39 is 0 Å². The molecule has 0 amide bonds. The van der Waals surface area contributed by atoms with Gasteiger partial charge in [0.2, 0.25) is 0 Å². The summed E-state index contributed by atoms with van der Waals surface area (Å²) < 4.78 is 0. The highest BCUT2D eigenvalue weighted by molar-refractivity contribution is 4.78. The zero-order valence-electron chi connectivity index (χ0n) is 7.50. The molecule has 1 saturated carbocycles. The highest BCUT2D eigenvalue weighted by atomic mass is 16.3. The molecular weight excluding hydrogens is 150 g/mol. The minimum atomic E-state index is -0.138. The van der Waals surface area contributed by atoms with Crippen molar-refractivity contribution in [1.29, 1.82) is 5.26 Å². The molecule has 1 N–H and O–H groups in total. The van der Waals surface area contributed by atoms with Crippen molar-refractivity contribution in [1.82, 2.24) is 0 Å². The van der Waals surface area contributed by atoms with Crippen LogP contribution >= 0.6 is 0 Å². The van der Waals surface area contributed by atoms with Crippen LogP contribution in [0.5, 0.6) is 0 Å². The Balaban J connectivity index is 2.32. The van der Waals surface area contributed by atoms with Gasteiger partial charge in [0, 0.05) is 6.42 Å². The summed E-state index contributed by atoms with van der Waals surface area (Å²) in [7, 11) is 0. The number of nitriles is 1. The summed E-state index contributed by atoms with van der Waals surface area (Å²) in [6.07, 6.45) is 7.04. The molecule has 2 heteroatoms. The van der Waals surface area contributed by atoms with Gasteiger partial charge in [-0.25, -0.2) is 0 Å². The van der Waals surface area contributed by atoms with Crippen molar-refractivity contribution in [3.8, 4) is 6.07 Å². The third-order valence-corrected chi connectivity index (χ3v) is 2.75. The number of aliphatic hydroxyl groups excluding tert-OH is 1. The second-order valence-corrected chi connectivity index (χ2v) is 3.66. The van der Waals surface area contributed by atoms with Gasteiger partial charge in [-0.1, -0.05) is 19.3 Å². The highest BCUT2D eigenvalue weighted by Gasteiger charge is 2.20. The Kier molecular flexibility index (Phi) is 4.10. The predicted octanol–water partition coefficient (Wildman–Crippen LogP) is 2.23. The molecule has 0 saturated heterocycles. The van der Waals surface area contributed by atoms with Crippen LogP contribution in [0.2, 0.25) is 0 Å². The first-order chi connectivity index (χ1) is 5.84. The van der Waals surface area contributed by atoms with E-state index in [-0.39, 0.29) is 6.10 Å². The van der Waals surface area contributed by atoms with E-state index in [1.807, 2.05) is 0 Å². The molecular formula is C10H17NO. The van der Waals surface area contributed by atoms with E-state index in [9.17, 15) is 5.11 Å². The molecule has 2 nitrogen and oxygen atoms in total. The third-order valence-electron chi connectivity index (χ3n) is 2.75. The molecule has 0 aromatic carbocycles. The maximum absolute atomic E-state index is 9.67. The first-order valence-corrected chi connectivity index (χ1v) is 4.89. The number of aliphatic hydroxyl groups is 1. The quantitative estimate of drug-likeness (QED) is 0.641. The van der Waals surface area contributed by atoms with E-state index in [0.717, 1.165) is 25.7 Å². The molecule has 0 radical (unpaired) electrons. The third kappa shape index (κ3) is 2.83. The molecule has 12 heavy (non-hydrogen) atoms. The first-order valence-electron chi connectivity index (χ1n) is 4.89. The second-order valence-electron chi connectivity index (χ2n) is 3.66. The van der Waals surface area contributed by atoms with Crippen LogP contribution in [0.4, 0.5) is 0 Å². The average molecular weight is 167 g/mol. The van der Waals surface area contributed by atoms with Crippen LogP contribution in [0, 0.1) is 17.2 Å². The van der Waals surface area contributed by atoms with Gasteiger partial charge in [-0.05, 0) is 25.2 Å². The Labute approximate surface area is 74.2 Å². The monoisotopic (exact) mass is 167 g/mol. The molecule has 0 spiro atoms. The second kappa shape index (κ2) is 5.16. The van der Waals surface area contributed by atoms with E-state index >= 15 is 0 Å². The van der Waals surface area contributed by atoms with E-state index in [1.165, 1.54) is 12.8 Å². The molecule has 68 valence electrons. The van der Waals surface area contributed by atoms with Crippen molar-refractivity contribution in [2.24, 2.45) is 5.92 Å². The smallest absolute Gasteiger partial charge is 0.0621 e. The van der Waals surface area contributed by atoms with Crippen LogP contribution in [0.25, 0.3) is 0 Å². The molecule has 0 aliphatic heterocycles. The van der Waals surface area contributed by atoms with E-state index in [4.69, 9.17) is 5.26 Å². The lowest BCUT2D eigenvalue weighted by atomic mass is 9.93. The van der Waals surface area contributed by atoms with Crippen molar-refractivity contribution in [3.05, 3.63) is 0 Å².